The van der Waals surface area contributed by atoms with Crippen LogP contribution in [0, 0.1) is 18.7 Å². The van der Waals surface area contributed by atoms with Gasteiger partial charge in [-0.2, -0.15) is 0 Å². The van der Waals surface area contributed by atoms with Crippen molar-refractivity contribution in [3.05, 3.63) is 99.7 Å². The Morgan fingerprint density at radius 3 is 2.58 bits per heavy atom. The third kappa shape index (κ3) is 4.61. The summed E-state index contributed by atoms with van der Waals surface area (Å²) in [4.78, 5) is 34.2. The molecule has 0 radical (unpaired) electrons. The van der Waals surface area contributed by atoms with Crippen LogP contribution in [0.2, 0.25) is 0 Å². The van der Waals surface area contributed by atoms with E-state index >= 15 is 0 Å². The zero-order chi connectivity index (χ0) is 27.0. The van der Waals surface area contributed by atoms with Gasteiger partial charge in [0.1, 0.15) is 28.5 Å². The van der Waals surface area contributed by atoms with Gasteiger partial charge in [0.15, 0.2) is 0 Å². The second kappa shape index (κ2) is 10.3. The highest BCUT2D eigenvalue weighted by Crippen LogP contribution is 2.32. The zero-order valence-electron chi connectivity index (χ0n) is 21.5. The van der Waals surface area contributed by atoms with Crippen LogP contribution in [-0.4, -0.2) is 33.4 Å². The van der Waals surface area contributed by atoms with Crippen LogP contribution in [0.15, 0.2) is 74.5 Å². The maximum absolute atomic E-state index is 14.2. The number of halogens is 1. The maximum Gasteiger partial charge on any atom is 0.297 e. The molecule has 0 unspecified atom stereocenters. The predicted octanol–water partition coefficient (Wildman–Crippen LogP) is 5.03. The summed E-state index contributed by atoms with van der Waals surface area (Å²) in [6.45, 7) is 6.40. The molecule has 5 aromatic rings. The fourth-order valence-corrected chi connectivity index (χ4v) is 4.82. The molecule has 0 bridgehead atoms. The smallest absolute Gasteiger partial charge is 0.297 e. The van der Waals surface area contributed by atoms with E-state index in [1.807, 2.05) is 32.9 Å². The van der Waals surface area contributed by atoms with Crippen molar-refractivity contribution >= 4 is 28.0 Å². The summed E-state index contributed by atoms with van der Waals surface area (Å²) in [5.74, 6) is 0.0291. The number of fused-ring (bicyclic) bond motifs is 3. The Hall–Kier alpha value is -4.24. The average Bonchev–Trinajstić information content (AvgIpc) is 3.53. The van der Waals surface area contributed by atoms with Gasteiger partial charge in [-0.25, -0.2) is 9.37 Å². The quantitative estimate of drug-likeness (QED) is 0.310. The molecule has 38 heavy (non-hydrogen) atoms. The van der Waals surface area contributed by atoms with Gasteiger partial charge in [0.25, 0.3) is 11.5 Å². The summed E-state index contributed by atoms with van der Waals surface area (Å²) in [6.07, 6.45) is 1.53. The standard InChI is InChI=1S/C29H29FN4O4/c1-17(2)25(33(13-12-31)28(35)19-8-6-18(3)7-9-19)27-32-24-22-15-20(30)10-11-23(22)38-26(24)29(36)34(27)16-21-5-4-14-37-21/h4-11,14-15,17,25H,12-13,16,31H2,1-3H3/t25-/m1/s1. The molecular formula is C29H29FN4O4. The van der Waals surface area contributed by atoms with Crippen LogP contribution in [-0.2, 0) is 6.54 Å². The molecule has 2 N–H and O–H groups in total. The lowest BCUT2D eigenvalue weighted by Gasteiger charge is -2.35. The Morgan fingerprint density at radius 1 is 1.16 bits per heavy atom. The van der Waals surface area contributed by atoms with E-state index in [1.165, 1.54) is 29.0 Å². The molecule has 1 amide bonds. The Balaban J connectivity index is 1.76. The first-order valence-electron chi connectivity index (χ1n) is 12.5. The zero-order valence-corrected chi connectivity index (χ0v) is 21.5. The van der Waals surface area contributed by atoms with Crippen molar-refractivity contribution in [1.29, 1.82) is 0 Å². The van der Waals surface area contributed by atoms with Crippen LogP contribution >= 0.6 is 0 Å². The lowest BCUT2D eigenvalue weighted by Crippen LogP contribution is -2.43. The minimum absolute atomic E-state index is 0.0126. The van der Waals surface area contributed by atoms with Gasteiger partial charge in [-0.15, -0.1) is 0 Å². The van der Waals surface area contributed by atoms with Crippen LogP contribution in [0.5, 0.6) is 0 Å². The number of carbonyl (C=O) groups is 1. The van der Waals surface area contributed by atoms with E-state index in [0.717, 1.165) is 5.56 Å². The summed E-state index contributed by atoms with van der Waals surface area (Å²) in [5.41, 5.74) is 7.68. The van der Waals surface area contributed by atoms with Crippen LogP contribution in [0.3, 0.4) is 0 Å². The number of hydrogen-bond acceptors (Lipinski definition) is 6. The summed E-state index contributed by atoms with van der Waals surface area (Å²) in [7, 11) is 0. The molecule has 0 fully saturated rings. The number of benzene rings is 2. The molecule has 0 aliphatic heterocycles. The van der Waals surface area contributed by atoms with Gasteiger partial charge in [-0.1, -0.05) is 31.5 Å². The molecule has 0 saturated heterocycles. The number of hydrogen-bond donors (Lipinski definition) is 1. The van der Waals surface area contributed by atoms with Crippen molar-refractivity contribution in [3.63, 3.8) is 0 Å². The number of aromatic nitrogens is 2. The second-order valence-electron chi connectivity index (χ2n) is 9.70. The Labute approximate surface area is 218 Å². The molecule has 3 aromatic heterocycles. The summed E-state index contributed by atoms with van der Waals surface area (Å²) >= 11 is 0. The molecule has 5 rings (SSSR count). The molecule has 2 aromatic carbocycles. The van der Waals surface area contributed by atoms with Gasteiger partial charge in [0.2, 0.25) is 5.58 Å². The highest BCUT2D eigenvalue weighted by molar-refractivity contribution is 6.02. The largest absolute Gasteiger partial charge is 0.467 e. The molecule has 0 spiro atoms. The van der Waals surface area contributed by atoms with Gasteiger partial charge in [0.05, 0.1) is 18.8 Å². The Morgan fingerprint density at radius 2 is 1.92 bits per heavy atom. The van der Waals surface area contributed by atoms with E-state index in [2.05, 4.69) is 0 Å². The van der Waals surface area contributed by atoms with Crippen LogP contribution < -0.4 is 11.3 Å². The fraction of sp³-hybridized carbons (Fsp3) is 0.276. The topological polar surface area (TPSA) is 108 Å². The minimum Gasteiger partial charge on any atom is -0.467 e. The van der Waals surface area contributed by atoms with E-state index < -0.39 is 17.4 Å². The van der Waals surface area contributed by atoms with Crippen molar-refractivity contribution in [2.24, 2.45) is 11.7 Å². The number of nitrogens with two attached hydrogens (primary N) is 1. The highest BCUT2D eigenvalue weighted by atomic mass is 19.1. The fourth-order valence-electron chi connectivity index (χ4n) is 4.82. The van der Waals surface area contributed by atoms with Crippen molar-refractivity contribution in [2.75, 3.05) is 13.1 Å². The maximum atomic E-state index is 14.2. The van der Waals surface area contributed by atoms with Crippen molar-refractivity contribution < 1.29 is 18.0 Å². The summed E-state index contributed by atoms with van der Waals surface area (Å²) in [6, 6.07) is 14.2. The lowest BCUT2D eigenvalue weighted by molar-refractivity contribution is 0.0612. The SMILES string of the molecule is Cc1ccc(C(=O)N(CCN)[C@@H](c2nc3c(oc4ccc(F)cc43)c(=O)n2Cc2ccco2)C(C)C)cc1. The Kier molecular flexibility index (Phi) is 6.86. The third-order valence-corrected chi connectivity index (χ3v) is 6.62. The average molecular weight is 517 g/mol. The first kappa shape index (κ1) is 25.4. The monoisotopic (exact) mass is 516 g/mol. The first-order valence-corrected chi connectivity index (χ1v) is 12.5. The van der Waals surface area contributed by atoms with Crippen molar-refractivity contribution in [2.45, 2.75) is 33.4 Å². The number of rotatable bonds is 8. The molecule has 196 valence electrons. The molecule has 0 aliphatic rings. The molecule has 1 atom stereocenters. The van der Waals surface area contributed by atoms with Crippen LogP contribution in [0.25, 0.3) is 22.1 Å². The van der Waals surface area contributed by atoms with E-state index in [9.17, 15) is 14.0 Å². The number of aryl methyl sites for hydroxylation is 1. The summed E-state index contributed by atoms with van der Waals surface area (Å²) < 4.78 is 27.0. The first-order chi connectivity index (χ1) is 18.3. The van der Waals surface area contributed by atoms with Crippen molar-refractivity contribution in [1.82, 2.24) is 14.5 Å². The van der Waals surface area contributed by atoms with Crippen LogP contribution in [0.1, 0.15) is 47.4 Å². The minimum atomic E-state index is -0.627. The van der Waals surface area contributed by atoms with E-state index in [-0.39, 0.29) is 42.6 Å². The third-order valence-electron chi connectivity index (χ3n) is 6.62. The number of carbonyl (C=O) groups excluding carboxylic acids is 1. The normalized spacial score (nSPS) is 12.5. The van der Waals surface area contributed by atoms with E-state index in [0.29, 0.717) is 28.1 Å². The Bertz CT molecular complexity index is 1650. The molecular weight excluding hydrogens is 487 g/mol. The van der Waals surface area contributed by atoms with Gasteiger partial charge < -0.3 is 19.5 Å². The molecule has 3 heterocycles. The second-order valence-corrected chi connectivity index (χ2v) is 9.70. The number of amides is 1. The van der Waals surface area contributed by atoms with Gasteiger partial charge in [-0.3, -0.25) is 14.2 Å². The van der Waals surface area contributed by atoms with Crippen LogP contribution in [0.4, 0.5) is 4.39 Å². The van der Waals surface area contributed by atoms with Gasteiger partial charge >= 0.3 is 0 Å². The van der Waals surface area contributed by atoms with E-state index in [1.54, 1.807) is 29.2 Å². The lowest BCUT2D eigenvalue weighted by atomic mass is 9.99. The van der Waals surface area contributed by atoms with Gasteiger partial charge in [-0.05, 0) is 55.3 Å². The number of furan rings is 2. The molecule has 8 nitrogen and oxygen atoms in total. The van der Waals surface area contributed by atoms with Crippen molar-refractivity contribution in [3.8, 4) is 0 Å². The van der Waals surface area contributed by atoms with Gasteiger partial charge in [0, 0.05) is 24.0 Å². The highest BCUT2D eigenvalue weighted by Gasteiger charge is 2.33. The molecule has 9 heteroatoms. The summed E-state index contributed by atoms with van der Waals surface area (Å²) in [5, 5.41) is 0.390. The predicted molar refractivity (Wildman–Crippen MR) is 142 cm³/mol. The molecule has 0 saturated carbocycles. The molecule has 0 aliphatic carbocycles. The van der Waals surface area contributed by atoms with E-state index in [4.69, 9.17) is 19.6 Å². The number of nitrogens with zero attached hydrogens (tertiary/aromatic N) is 3.